The predicted molar refractivity (Wildman–Crippen MR) is 66.0 cm³/mol. The molecule has 16 heavy (non-hydrogen) atoms. The fourth-order valence-electron chi connectivity index (χ4n) is 1.93. The molecule has 1 saturated carbocycles. The monoisotopic (exact) mass is 252 g/mol. The molecule has 4 heteroatoms. The molecule has 1 aliphatic rings. The Morgan fingerprint density at radius 3 is 2.50 bits per heavy atom. The Kier molecular flexibility index (Phi) is 2.41. The molecule has 0 spiro atoms. The van der Waals surface area contributed by atoms with Gasteiger partial charge in [-0.3, -0.25) is 5.10 Å². The van der Waals surface area contributed by atoms with Crippen molar-refractivity contribution in [3.05, 3.63) is 40.1 Å². The summed E-state index contributed by atoms with van der Waals surface area (Å²) >= 11 is 12.4. The Morgan fingerprint density at radius 1 is 1.19 bits per heavy atom. The number of hydrogen-bond acceptors (Lipinski definition) is 1. The number of benzene rings is 1. The van der Waals surface area contributed by atoms with Crippen LogP contribution in [0.25, 0.3) is 11.1 Å². The van der Waals surface area contributed by atoms with Gasteiger partial charge in [0.05, 0.1) is 16.2 Å². The van der Waals surface area contributed by atoms with E-state index in [0.717, 1.165) is 16.8 Å². The summed E-state index contributed by atoms with van der Waals surface area (Å²) < 4.78 is 0. The Hall–Kier alpha value is -0.990. The van der Waals surface area contributed by atoms with Gasteiger partial charge in [-0.1, -0.05) is 29.3 Å². The first-order valence-electron chi connectivity index (χ1n) is 5.25. The van der Waals surface area contributed by atoms with Crippen molar-refractivity contribution in [2.75, 3.05) is 0 Å². The van der Waals surface area contributed by atoms with Crippen LogP contribution in [0.4, 0.5) is 0 Å². The number of halogens is 2. The molecule has 1 heterocycles. The molecule has 1 N–H and O–H groups in total. The molecular formula is C12H10Cl2N2. The minimum atomic E-state index is 0.602. The van der Waals surface area contributed by atoms with Crippen molar-refractivity contribution >= 4 is 23.2 Å². The first-order valence-corrected chi connectivity index (χ1v) is 6.00. The summed E-state index contributed by atoms with van der Waals surface area (Å²) in [4.78, 5) is 0. The molecule has 0 saturated heterocycles. The quantitative estimate of drug-likeness (QED) is 0.850. The van der Waals surface area contributed by atoms with E-state index >= 15 is 0 Å². The smallest absolute Gasteiger partial charge is 0.0569 e. The van der Waals surface area contributed by atoms with Crippen molar-refractivity contribution < 1.29 is 0 Å². The fraction of sp³-hybridized carbons (Fsp3) is 0.250. The third-order valence-electron chi connectivity index (χ3n) is 2.89. The highest BCUT2D eigenvalue weighted by Gasteiger charge is 2.29. The summed E-state index contributed by atoms with van der Waals surface area (Å²) in [6, 6.07) is 5.56. The molecule has 0 radical (unpaired) electrons. The minimum absolute atomic E-state index is 0.602. The first kappa shape index (κ1) is 10.2. The van der Waals surface area contributed by atoms with Crippen LogP contribution in [0.15, 0.2) is 24.4 Å². The van der Waals surface area contributed by atoms with Gasteiger partial charge in [0, 0.05) is 22.7 Å². The van der Waals surface area contributed by atoms with E-state index in [4.69, 9.17) is 23.2 Å². The topological polar surface area (TPSA) is 28.7 Å². The second kappa shape index (κ2) is 3.79. The standard InChI is InChI=1S/C12H10Cl2N2/c13-9-2-1-3-10(14)11(9)8-6-15-16-12(8)7-4-5-7/h1-3,6-7H,4-5H2,(H,15,16). The van der Waals surface area contributed by atoms with Gasteiger partial charge in [-0.05, 0) is 25.0 Å². The van der Waals surface area contributed by atoms with E-state index in [1.54, 1.807) is 6.20 Å². The van der Waals surface area contributed by atoms with Crippen LogP contribution in [0.5, 0.6) is 0 Å². The Balaban J connectivity index is 2.17. The molecule has 2 nitrogen and oxygen atoms in total. The van der Waals surface area contributed by atoms with Gasteiger partial charge in [-0.15, -0.1) is 0 Å². The maximum Gasteiger partial charge on any atom is 0.0569 e. The van der Waals surface area contributed by atoms with Crippen LogP contribution in [-0.2, 0) is 0 Å². The summed E-state index contributed by atoms with van der Waals surface area (Å²) in [6.07, 6.45) is 4.25. The second-order valence-corrected chi connectivity index (χ2v) is 4.88. The van der Waals surface area contributed by atoms with E-state index in [2.05, 4.69) is 10.2 Å². The summed E-state index contributed by atoms with van der Waals surface area (Å²) in [7, 11) is 0. The highest BCUT2D eigenvalue weighted by molar-refractivity contribution is 6.39. The van der Waals surface area contributed by atoms with Gasteiger partial charge in [0.15, 0.2) is 0 Å². The Bertz CT molecular complexity index is 509. The van der Waals surface area contributed by atoms with Crippen LogP contribution in [0.2, 0.25) is 10.0 Å². The molecule has 2 aromatic rings. The Morgan fingerprint density at radius 2 is 1.88 bits per heavy atom. The van der Waals surface area contributed by atoms with Crippen molar-refractivity contribution in [3.63, 3.8) is 0 Å². The van der Waals surface area contributed by atoms with E-state index in [0.29, 0.717) is 16.0 Å². The van der Waals surface area contributed by atoms with E-state index < -0.39 is 0 Å². The van der Waals surface area contributed by atoms with Crippen LogP contribution < -0.4 is 0 Å². The largest absolute Gasteiger partial charge is 0.282 e. The molecule has 1 fully saturated rings. The average Bonchev–Trinajstić information content (AvgIpc) is 2.99. The molecule has 1 aliphatic carbocycles. The molecule has 3 rings (SSSR count). The molecule has 1 aromatic carbocycles. The molecular weight excluding hydrogens is 243 g/mol. The van der Waals surface area contributed by atoms with E-state index in [1.165, 1.54) is 12.8 Å². The number of nitrogens with one attached hydrogen (secondary N) is 1. The number of hydrogen-bond donors (Lipinski definition) is 1. The molecule has 0 unspecified atom stereocenters. The van der Waals surface area contributed by atoms with Crippen molar-refractivity contribution in [1.29, 1.82) is 0 Å². The number of nitrogens with zero attached hydrogens (tertiary/aromatic N) is 1. The summed E-state index contributed by atoms with van der Waals surface area (Å²) in [5.41, 5.74) is 3.09. The number of H-pyrrole nitrogens is 1. The van der Waals surface area contributed by atoms with Gasteiger partial charge in [-0.2, -0.15) is 5.10 Å². The molecule has 0 amide bonds. The summed E-state index contributed by atoms with van der Waals surface area (Å²) in [5.74, 6) is 0.602. The lowest BCUT2D eigenvalue weighted by Crippen LogP contribution is -1.86. The zero-order valence-electron chi connectivity index (χ0n) is 8.50. The van der Waals surface area contributed by atoms with Gasteiger partial charge < -0.3 is 0 Å². The predicted octanol–water partition coefficient (Wildman–Crippen LogP) is 4.26. The number of aromatic amines is 1. The maximum atomic E-state index is 6.19. The van der Waals surface area contributed by atoms with Crippen LogP contribution in [0.1, 0.15) is 24.5 Å². The van der Waals surface area contributed by atoms with Gasteiger partial charge in [0.2, 0.25) is 0 Å². The Labute approximate surface area is 104 Å². The van der Waals surface area contributed by atoms with E-state index in [1.807, 2.05) is 18.2 Å². The van der Waals surface area contributed by atoms with Crippen LogP contribution >= 0.6 is 23.2 Å². The SMILES string of the molecule is Clc1cccc(Cl)c1-c1cn[nH]c1C1CC1. The lowest BCUT2D eigenvalue weighted by atomic mass is 10.0. The molecule has 0 aliphatic heterocycles. The van der Waals surface area contributed by atoms with Crippen molar-refractivity contribution in [2.24, 2.45) is 0 Å². The zero-order valence-corrected chi connectivity index (χ0v) is 10.0. The average molecular weight is 253 g/mol. The molecule has 0 atom stereocenters. The highest BCUT2D eigenvalue weighted by Crippen LogP contribution is 2.45. The van der Waals surface area contributed by atoms with Gasteiger partial charge in [0.25, 0.3) is 0 Å². The van der Waals surface area contributed by atoms with Crippen molar-refractivity contribution in [1.82, 2.24) is 10.2 Å². The van der Waals surface area contributed by atoms with Gasteiger partial charge in [0.1, 0.15) is 0 Å². The van der Waals surface area contributed by atoms with Crippen molar-refractivity contribution in [2.45, 2.75) is 18.8 Å². The van der Waals surface area contributed by atoms with E-state index in [9.17, 15) is 0 Å². The normalized spacial score (nSPS) is 15.4. The number of aromatic nitrogens is 2. The third kappa shape index (κ3) is 1.62. The fourth-order valence-corrected chi connectivity index (χ4v) is 2.53. The van der Waals surface area contributed by atoms with Gasteiger partial charge >= 0.3 is 0 Å². The lowest BCUT2D eigenvalue weighted by molar-refractivity contribution is 0.966. The maximum absolute atomic E-state index is 6.19. The molecule has 82 valence electrons. The summed E-state index contributed by atoms with van der Waals surface area (Å²) in [5, 5.41) is 8.51. The van der Waals surface area contributed by atoms with Gasteiger partial charge in [-0.25, -0.2) is 0 Å². The van der Waals surface area contributed by atoms with Crippen LogP contribution in [-0.4, -0.2) is 10.2 Å². The lowest BCUT2D eigenvalue weighted by Gasteiger charge is -2.06. The zero-order chi connectivity index (χ0) is 11.1. The molecule has 1 aromatic heterocycles. The molecule has 0 bridgehead atoms. The van der Waals surface area contributed by atoms with Crippen molar-refractivity contribution in [3.8, 4) is 11.1 Å². The van der Waals surface area contributed by atoms with Crippen LogP contribution in [0.3, 0.4) is 0 Å². The summed E-state index contributed by atoms with van der Waals surface area (Å²) in [6.45, 7) is 0. The third-order valence-corrected chi connectivity index (χ3v) is 3.52. The first-order chi connectivity index (χ1) is 7.77. The highest BCUT2D eigenvalue weighted by atomic mass is 35.5. The number of rotatable bonds is 2. The van der Waals surface area contributed by atoms with E-state index in [-0.39, 0.29) is 0 Å². The van der Waals surface area contributed by atoms with Crippen LogP contribution in [0, 0.1) is 0 Å². The second-order valence-electron chi connectivity index (χ2n) is 4.07. The minimum Gasteiger partial charge on any atom is -0.282 e.